The molecular weight excluding hydrogens is 357 g/mol. The van der Waals surface area contributed by atoms with Crippen LogP contribution in [0.1, 0.15) is 18.0 Å². The highest BCUT2D eigenvalue weighted by Crippen LogP contribution is 2.25. The van der Waals surface area contributed by atoms with Gasteiger partial charge in [-0.2, -0.15) is 0 Å². The summed E-state index contributed by atoms with van der Waals surface area (Å²) in [6.07, 6.45) is 0.576. The van der Waals surface area contributed by atoms with Gasteiger partial charge < -0.3 is 10.1 Å². The van der Waals surface area contributed by atoms with E-state index < -0.39 is 0 Å². The molecule has 1 saturated heterocycles. The van der Waals surface area contributed by atoms with E-state index in [1.54, 1.807) is 24.3 Å². The van der Waals surface area contributed by atoms with Crippen LogP contribution in [0.2, 0.25) is 0 Å². The molecule has 2 atom stereocenters. The smallest absolute Gasteiger partial charge is 0.242 e. The Kier molecular flexibility index (Phi) is 5.32. The molecule has 3 N–H and O–H groups in total. The summed E-state index contributed by atoms with van der Waals surface area (Å²) in [6, 6.07) is 22.6. The van der Waals surface area contributed by atoms with Crippen molar-refractivity contribution in [3.8, 4) is 11.5 Å². The third-order valence-corrected chi connectivity index (χ3v) is 4.59. The summed E-state index contributed by atoms with van der Waals surface area (Å²) in [6.45, 7) is 0. The molecule has 1 amide bonds. The molecule has 4 rings (SSSR count). The fourth-order valence-corrected chi connectivity index (χ4v) is 3.10. The summed E-state index contributed by atoms with van der Waals surface area (Å²) >= 11 is 0. The van der Waals surface area contributed by atoms with Crippen molar-refractivity contribution in [1.82, 2.24) is 10.9 Å². The van der Waals surface area contributed by atoms with Gasteiger partial charge in [-0.25, -0.2) is 15.2 Å². The van der Waals surface area contributed by atoms with Crippen LogP contribution >= 0.6 is 0 Å². The van der Waals surface area contributed by atoms with Crippen molar-refractivity contribution < 1.29 is 13.9 Å². The lowest BCUT2D eigenvalue weighted by Gasteiger charge is -2.11. The first kappa shape index (κ1) is 18.2. The van der Waals surface area contributed by atoms with E-state index in [0.717, 1.165) is 11.3 Å². The number of hydrogen-bond acceptors (Lipinski definition) is 4. The summed E-state index contributed by atoms with van der Waals surface area (Å²) in [5.74, 6) is 1.05. The summed E-state index contributed by atoms with van der Waals surface area (Å²) in [4.78, 5) is 12.5. The lowest BCUT2D eigenvalue weighted by molar-refractivity contribution is -0.117. The standard InChI is InChI=1S/C22H20FN3O2/c23-16-8-6-15(7-9-16)20-14-21(26-25-20)22(27)24-17-10-12-19(13-11-17)28-18-4-2-1-3-5-18/h1-13,20-21,25-26H,14H2,(H,24,27). The molecule has 0 saturated carbocycles. The Labute approximate surface area is 162 Å². The largest absolute Gasteiger partial charge is 0.457 e. The summed E-state index contributed by atoms with van der Waals surface area (Å²) < 4.78 is 18.8. The average Bonchev–Trinajstić information content (AvgIpc) is 3.21. The molecule has 1 aliphatic heterocycles. The fraction of sp³-hybridized carbons (Fsp3) is 0.136. The number of carbonyl (C=O) groups excluding carboxylic acids is 1. The van der Waals surface area contributed by atoms with Gasteiger partial charge in [0.05, 0.1) is 0 Å². The lowest BCUT2D eigenvalue weighted by atomic mass is 10.0. The van der Waals surface area contributed by atoms with Crippen LogP contribution < -0.4 is 20.9 Å². The van der Waals surface area contributed by atoms with Gasteiger partial charge in [0.15, 0.2) is 0 Å². The molecule has 5 nitrogen and oxygen atoms in total. The van der Waals surface area contributed by atoms with Gasteiger partial charge in [0.1, 0.15) is 23.4 Å². The van der Waals surface area contributed by atoms with Gasteiger partial charge in [-0.05, 0) is 60.5 Å². The molecule has 3 aromatic carbocycles. The van der Waals surface area contributed by atoms with Gasteiger partial charge in [-0.15, -0.1) is 0 Å². The number of hydrazine groups is 1. The quantitative estimate of drug-likeness (QED) is 0.625. The molecule has 0 aliphatic carbocycles. The first-order valence-electron chi connectivity index (χ1n) is 9.08. The van der Waals surface area contributed by atoms with Crippen molar-refractivity contribution in [3.05, 3.63) is 90.2 Å². The Hall–Kier alpha value is -3.22. The Morgan fingerprint density at radius 2 is 1.57 bits per heavy atom. The van der Waals surface area contributed by atoms with E-state index in [9.17, 15) is 9.18 Å². The Balaban J connectivity index is 1.33. The van der Waals surface area contributed by atoms with Crippen LogP contribution in [0.4, 0.5) is 10.1 Å². The highest BCUT2D eigenvalue weighted by Gasteiger charge is 2.30. The van der Waals surface area contributed by atoms with Crippen LogP contribution in [0.5, 0.6) is 11.5 Å². The minimum absolute atomic E-state index is 0.0435. The van der Waals surface area contributed by atoms with Gasteiger partial charge >= 0.3 is 0 Å². The highest BCUT2D eigenvalue weighted by molar-refractivity contribution is 5.95. The van der Waals surface area contributed by atoms with Crippen LogP contribution in [0.3, 0.4) is 0 Å². The number of benzene rings is 3. The zero-order valence-corrected chi connectivity index (χ0v) is 15.1. The molecule has 0 bridgehead atoms. The van der Waals surface area contributed by atoms with Crippen molar-refractivity contribution in [2.24, 2.45) is 0 Å². The van der Waals surface area contributed by atoms with Crippen LogP contribution in [0.25, 0.3) is 0 Å². The topological polar surface area (TPSA) is 62.4 Å². The molecule has 1 fully saturated rings. The van der Waals surface area contributed by atoms with E-state index in [1.165, 1.54) is 12.1 Å². The molecule has 1 heterocycles. The predicted molar refractivity (Wildman–Crippen MR) is 105 cm³/mol. The van der Waals surface area contributed by atoms with Crippen molar-refractivity contribution in [2.45, 2.75) is 18.5 Å². The van der Waals surface area contributed by atoms with Crippen LogP contribution in [-0.4, -0.2) is 11.9 Å². The minimum Gasteiger partial charge on any atom is -0.457 e. The van der Waals surface area contributed by atoms with Crippen LogP contribution in [0, 0.1) is 5.82 Å². The van der Waals surface area contributed by atoms with E-state index in [2.05, 4.69) is 16.2 Å². The number of nitrogens with one attached hydrogen (secondary N) is 3. The fourth-order valence-electron chi connectivity index (χ4n) is 3.10. The number of ether oxygens (including phenoxy) is 1. The zero-order chi connectivity index (χ0) is 19.3. The predicted octanol–water partition coefficient (Wildman–Crippen LogP) is 4.16. The molecule has 0 spiro atoms. The molecule has 28 heavy (non-hydrogen) atoms. The average molecular weight is 377 g/mol. The number of para-hydroxylation sites is 1. The van der Waals surface area contributed by atoms with Crippen LogP contribution in [-0.2, 0) is 4.79 Å². The second kappa shape index (κ2) is 8.21. The number of hydrogen-bond donors (Lipinski definition) is 3. The first-order valence-corrected chi connectivity index (χ1v) is 9.08. The summed E-state index contributed by atoms with van der Waals surface area (Å²) in [7, 11) is 0. The number of amides is 1. The van der Waals surface area contributed by atoms with Gasteiger partial charge in [0, 0.05) is 11.7 Å². The molecule has 0 aromatic heterocycles. The Morgan fingerprint density at radius 3 is 2.29 bits per heavy atom. The van der Waals surface area contributed by atoms with Crippen LogP contribution in [0.15, 0.2) is 78.9 Å². The van der Waals surface area contributed by atoms with Gasteiger partial charge in [0.2, 0.25) is 5.91 Å². The molecule has 1 aliphatic rings. The molecule has 3 aromatic rings. The second-order valence-electron chi connectivity index (χ2n) is 6.61. The Morgan fingerprint density at radius 1 is 0.893 bits per heavy atom. The van der Waals surface area contributed by atoms with E-state index in [-0.39, 0.29) is 23.8 Å². The second-order valence-corrected chi connectivity index (χ2v) is 6.61. The van der Waals surface area contributed by atoms with Gasteiger partial charge in [-0.3, -0.25) is 4.79 Å². The maximum absolute atomic E-state index is 13.1. The summed E-state index contributed by atoms with van der Waals surface area (Å²) in [5, 5.41) is 2.90. The maximum atomic E-state index is 13.1. The highest BCUT2D eigenvalue weighted by atomic mass is 19.1. The van der Waals surface area contributed by atoms with Crippen molar-refractivity contribution >= 4 is 11.6 Å². The van der Waals surface area contributed by atoms with E-state index >= 15 is 0 Å². The number of halogens is 1. The third-order valence-electron chi connectivity index (χ3n) is 4.59. The first-order chi connectivity index (χ1) is 13.7. The van der Waals surface area contributed by atoms with E-state index in [4.69, 9.17) is 4.74 Å². The molecule has 142 valence electrons. The van der Waals surface area contributed by atoms with E-state index in [1.807, 2.05) is 42.5 Å². The number of rotatable bonds is 5. The Bertz CT molecular complexity index is 930. The van der Waals surface area contributed by atoms with Gasteiger partial charge in [0.25, 0.3) is 0 Å². The SMILES string of the molecule is O=C(Nc1ccc(Oc2ccccc2)cc1)C1CC(c2ccc(F)cc2)NN1. The van der Waals surface area contributed by atoms with Crippen molar-refractivity contribution in [1.29, 1.82) is 0 Å². The third kappa shape index (κ3) is 4.36. The zero-order valence-electron chi connectivity index (χ0n) is 15.1. The number of carbonyl (C=O) groups is 1. The summed E-state index contributed by atoms with van der Waals surface area (Å²) in [5.41, 5.74) is 7.72. The lowest BCUT2D eigenvalue weighted by Crippen LogP contribution is -2.39. The van der Waals surface area contributed by atoms with E-state index in [0.29, 0.717) is 17.9 Å². The van der Waals surface area contributed by atoms with Crippen molar-refractivity contribution in [3.63, 3.8) is 0 Å². The monoisotopic (exact) mass is 377 g/mol. The molecule has 0 radical (unpaired) electrons. The molecular formula is C22H20FN3O2. The molecule has 2 unspecified atom stereocenters. The normalized spacial score (nSPS) is 18.6. The van der Waals surface area contributed by atoms with Crippen molar-refractivity contribution in [2.75, 3.05) is 5.32 Å². The molecule has 6 heteroatoms. The number of anilines is 1. The maximum Gasteiger partial charge on any atom is 0.242 e. The van der Waals surface area contributed by atoms with Gasteiger partial charge in [-0.1, -0.05) is 30.3 Å². The minimum atomic E-state index is -0.379.